The molecule has 1 atom stereocenters. The van der Waals surface area contributed by atoms with Crippen LogP contribution in [0, 0.1) is 13.8 Å². The summed E-state index contributed by atoms with van der Waals surface area (Å²) in [6, 6.07) is 1.99. The van der Waals surface area contributed by atoms with Crippen LogP contribution >= 0.6 is 11.3 Å². The molecule has 0 bridgehead atoms. The number of aromatic nitrogens is 3. The number of fused-ring (bicyclic) bond motifs is 3. The van der Waals surface area contributed by atoms with Gasteiger partial charge in [-0.1, -0.05) is 0 Å². The van der Waals surface area contributed by atoms with E-state index in [1.165, 1.54) is 22.2 Å². The summed E-state index contributed by atoms with van der Waals surface area (Å²) in [6.45, 7) is 3.94. The highest BCUT2D eigenvalue weighted by atomic mass is 32.1. The van der Waals surface area contributed by atoms with Crippen molar-refractivity contribution in [2.75, 3.05) is 6.61 Å². The molecule has 7 heteroatoms. The number of nitrogens with zero attached hydrogens (tertiary/aromatic N) is 3. The maximum atomic E-state index is 12.6. The van der Waals surface area contributed by atoms with Crippen LogP contribution < -0.4 is 5.56 Å². The van der Waals surface area contributed by atoms with Gasteiger partial charge in [0, 0.05) is 17.6 Å². The summed E-state index contributed by atoms with van der Waals surface area (Å²) in [5, 5.41) is 19.2. The average molecular weight is 319 g/mol. The molecule has 3 heterocycles. The van der Waals surface area contributed by atoms with Gasteiger partial charge in [0.2, 0.25) is 0 Å². The molecular weight excluding hydrogens is 302 g/mol. The van der Waals surface area contributed by atoms with Crippen molar-refractivity contribution < 1.29 is 10.2 Å². The number of hydrogen-bond donors (Lipinski definition) is 2. The number of hydrogen-bond acceptors (Lipinski definition) is 6. The van der Waals surface area contributed by atoms with Crippen LogP contribution in [0.4, 0.5) is 0 Å². The van der Waals surface area contributed by atoms with E-state index < -0.39 is 6.10 Å². The zero-order valence-electron chi connectivity index (χ0n) is 12.4. The van der Waals surface area contributed by atoms with E-state index in [9.17, 15) is 9.90 Å². The molecule has 0 radical (unpaired) electrons. The molecular formula is C15H17N3O3S. The van der Waals surface area contributed by atoms with Gasteiger partial charge in [0.15, 0.2) is 0 Å². The lowest BCUT2D eigenvalue weighted by Crippen LogP contribution is -2.23. The third kappa shape index (κ3) is 2.51. The highest BCUT2D eigenvalue weighted by Gasteiger charge is 2.15. The van der Waals surface area contributed by atoms with E-state index in [-0.39, 0.29) is 12.2 Å². The SMILES string of the molecule is Cc1cc(C)c2c(n1)sc1c(=O)n(CCC(O)CO)cnc12. The Bertz CT molecular complexity index is 900. The first-order valence-electron chi connectivity index (χ1n) is 7.06. The van der Waals surface area contributed by atoms with Crippen LogP contribution in [0.25, 0.3) is 20.4 Å². The number of thiophene rings is 1. The summed E-state index contributed by atoms with van der Waals surface area (Å²) >= 11 is 1.35. The normalized spacial score (nSPS) is 13.1. The summed E-state index contributed by atoms with van der Waals surface area (Å²) in [5.41, 5.74) is 2.54. The summed E-state index contributed by atoms with van der Waals surface area (Å²) in [7, 11) is 0. The van der Waals surface area contributed by atoms with E-state index in [4.69, 9.17) is 5.11 Å². The first-order valence-corrected chi connectivity index (χ1v) is 7.87. The first kappa shape index (κ1) is 15.1. The zero-order chi connectivity index (χ0) is 15.9. The van der Waals surface area contributed by atoms with Crippen LogP contribution in [0.15, 0.2) is 17.2 Å². The summed E-state index contributed by atoms with van der Waals surface area (Å²) < 4.78 is 2.05. The van der Waals surface area contributed by atoms with Gasteiger partial charge in [-0.05, 0) is 31.9 Å². The molecule has 0 aliphatic rings. The zero-order valence-corrected chi connectivity index (χ0v) is 13.2. The van der Waals surface area contributed by atoms with E-state index in [1.54, 1.807) is 0 Å². The van der Waals surface area contributed by atoms with Crippen LogP contribution in [0.5, 0.6) is 0 Å². The van der Waals surface area contributed by atoms with Crippen molar-refractivity contribution in [3.63, 3.8) is 0 Å². The molecule has 0 aromatic carbocycles. The Balaban J connectivity index is 2.13. The van der Waals surface area contributed by atoms with Gasteiger partial charge in [0.05, 0.1) is 24.6 Å². The van der Waals surface area contributed by atoms with Crippen molar-refractivity contribution in [3.05, 3.63) is 34.0 Å². The average Bonchev–Trinajstić information content (AvgIpc) is 2.85. The first-order chi connectivity index (χ1) is 10.5. The van der Waals surface area contributed by atoms with Gasteiger partial charge >= 0.3 is 0 Å². The van der Waals surface area contributed by atoms with E-state index in [0.29, 0.717) is 23.2 Å². The van der Waals surface area contributed by atoms with Gasteiger partial charge in [-0.15, -0.1) is 11.3 Å². The lowest BCUT2D eigenvalue weighted by molar-refractivity contribution is 0.0844. The Kier molecular flexibility index (Phi) is 3.94. The maximum absolute atomic E-state index is 12.6. The third-order valence-corrected chi connectivity index (χ3v) is 4.72. The van der Waals surface area contributed by atoms with E-state index in [0.717, 1.165) is 21.5 Å². The van der Waals surface area contributed by atoms with E-state index in [1.807, 2.05) is 19.9 Å². The van der Waals surface area contributed by atoms with Gasteiger partial charge in [0.25, 0.3) is 5.56 Å². The Morgan fingerprint density at radius 2 is 2.18 bits per heavy atom. The standard InChI is InChI=1S/C15H17N3O3S/c1-8-5-9(2)17-14-11(8)12-13(22-14)15(21)18(7-16-12)4-3-10(20)6-19/h5,7,10,19-20H,3-4,6H2,1-2H3. The van der Waals surface area contributed by atoms with Gasteiger partial charge in [-0.25, -0.2) is 9.97 Å². The van der Waals surface area contributed by atoms with Gasteiger partial charge in [-0.3, -0.25) is 9.36 Å². The van der Waals surface area contributed by atoms with Crippen molar-refractivity contribution >= 4 is 31.8 Å². The molecule has 6 nitrogen and oxygen atoms in total. The number of pyridine rings is 1. The predicted molar refractivity (Wildman–Crippen MR) is 86.4 cm³/mol. The number of aliphatic hydroxyl groups excluding tert-OH is 2. The molecule has 0 aliphatic heterocycles. The Hall–Kier alpha value is -1.83. The monoisotopic (exact) mass is 319 g/mol. The van der Waals surface area contributed by atoms with Crippen molar-refractivity contribution in [2.45, 2.75) is 32.9 Å². The highest BCUT2D eigenvalue weighted by Crippen LogP contribution is 2.31. The topological polar surface area (TPSA) is 88.2 Å². The fourth-order valence-corrected chi connectivity index (χ4v) is 3.74. The smallest absolute Gasteiger partial charge is 0.271 e. The molecule has 116 valence electrons. The van der Waals surface area contributed by atoms with Gasteiger partial charge in [-0.2, -0.15) is 0 Å². The molecule has 0 amide bonds. The Labute approximate surface area is 130 Å². The molecule has 22 heavy (non-hydrogen) atoms. The largest absolute Gasteiger partial charge is 0.394 e. The van der Waals surface area contributed by atoms with Gasteiger partial charge < -0.3 is 10.2 Å². The number of rotatable bonds is 4. The fourth-order valence-electron chi connectivity index (χ4n) is 2.54. The predicted octanol–water partition coefficient (Wildman–Crippen LogP) is 1.37. The molecule has 0 fully saturated rings. The second kappa shape index (κ2) is 5.75. The van der Waals surface area contributed by atoms with E-state index in [2.05, 4.69) is 9.97 Å². The minimum Gasteiger partial charge on any atom is -0.394 e. The molecule has 0 saturated heterocycles. The number of aryl methyl sites for hydroxylation is 3. The van der Waals surface area contributed by atoms with Crippen molar-refractivity contribution in [2.24, 2.45) is 0 Å². The Morgan fingerprint density at radius 3 is 2.91 bits per heavy atom. The van der Waals surface area contributed by atoms with Gasteiger partial charge in [0.1, 0.15) is 9.53 Å². The lowest BCUT2D eigenvalue weighted by atomic mass is 10.1. The fraction of sp³-hybridized carbons (Fsp3) is 0.400. The Morgan fingerprint density at radius 1 is 1.41 bits per heavy atom. The minimum atomic E-state index is -0.823. The second-order valence-corrected chi connectivity index (χ2v) is 6.41. The highest BCUT2D eigenvalue weighted by molar-refractivity contribution is 7.25. The maximum Gasteiger partial charge on any atom is 0.271 e. The second-order valence-electron chi connectivity index (χ2n) is 5.41. The number of aliphatic hydroxyl groups is 2. The quantitative estimate of drug-likeness (QED) is 0.758. The van der Waals surface area contributed by atoms with Crippen molar-refractivity contribution in [1.29, 1.82) is 0 Å². The van der Waals surface area contributed by atoms with E-state index >= 15 is 0 Å². The molecule has 0 spiro atoms. The van der Waals surface area contributed by atoms with Crippen molar-refractivity contribution in [1.82, 2.24) is 14.5 Å². The molecule has 3 rings (SSSR count). The molecule has 3 aromatic rings. The van der Waals surface area contributed by atoms with Crippen LogP contribution in [0.3, 0.4) is 0 Å². The summed E-state index contributed by atoms with van der Waals surface area (Å²) in [6.07, 6.45) is 0.988. The summed E-state index contributed by atoms with van der Waals surface area (Å²) in [4.78, 5) is 22.3. The van der Waals surface area contributed by atoms with Crippen LogP contribution in [-0.2, 0) is 6.54 Å². The summed E-state index contributed by atoms with van der Waals surface area (Å²) in [5.74, 6) is 0. The van der Waals surface area contributed by atoms with Crippen LogP contribution in [0.2, 0.25) is 0 Å². The van der Waals surface area contributed by atoms with Crippen molar-refractivity contribution in [3.8, 4) is 0 Å². The molecule has 3 aromatic heterocycles. The molecule has 1 unspecified atom stereocenters. The third-order valence-electron chi connectivity index (χ3n) is 3.66. The van der Waals surface area contributed by atoms with Crippen LogP contribution in [0.1, 0.15) is 17.7 Å². The van der Waals surface area contributed by atoms with Crippen LogP contribution in [-0.4, -0.2) is 37.5 Å². The lowest BCUT2D eigenvalue weighted by Gasteiger charge is -2.08. The molecule has 0 aliphatic carbocycles. The minimum absolute atomic E-state index is 0.129. The molecule has 0 saturated carbocycles. The molecule has 2 N–H and O–H groups in total.